The Morgan fingerprint density at radius 3 is 2.38 bits per heavy atom. The van der Waals surface area contributed by atoms with Gasteiger partial charge in [0.25, 0.3) is 5.91 Å². The van der Waals surface area contributed by atoms with Crippen LogP contribution in [0.15, 0.2) is 48.7 Å². The number of rotatable bonds is 7. The van der Waals surface area contributed by atoms with Crippen molar-refractivity contribution in [3.63, 3.8) is 0 Å². The summed E-state index contributed by atoms with van der Waals surface area (Å²) in [6, 6.07) is 12.1. The monoisotopic (exact) mass is 462 g/mol. The second-order valence-corrected chi connectivity index (χ2v) is 8.99. The van der Waals surface area contributed by atoms with E-state index < -0.39 is 5.97 Å². The lowest BCUT2D eigenvalue weighted by molar-refractivity contribution is -0.138. The van der Waals surface area contributed by atoms with Gasteiger partial charge in [0.15, 0.2) is 0 Å². The van der Waals surface area contributed by atoms with Crippen molar-refractivity contribution >= 4 is 11.9 Å². The van der Waals surface area contributed by atoms with Crippen LogP contribution in [0.25, 0.3) is 11.1 Å². The van der Waals surface area contributed by atoms with Gasteiger partial charge in [0.05, 0.1) is 12.1 Å². The minimum Gasteiger partial charge on any atom is -0.487 e. The zero-order chi connectivity index (χ0) is 24.6. The SMILES string of the molecule is Cc1cc(C(=O)N(C)C)cc(C)c1-c1ccc(F)c(COc2ccc([C@@H]3C[C@H]3C(=O)O)nc2)c1. The fourth-order valence-electron chi connectivity index (χ4n) is 4.29. The summed E-state index contributed by atoms with van der Waals surface area (Å²) >= 11 is 0. The van der Waals surface area contributed by atoms with Crippen LogP contribution in [0, 0.1) is 25.6 Å². The van der Waals surface area contributed by atoms with Crippen LogP contribution in [-0.2, 0) is 11.4 Å². The molecular formula is C27H27FN2O4. The zero-order valence-electron chi connectivity index (χ0n) is 19.6. The Hall–Kier alpha value is -3.74. The average Bonchev–Trinajstić information content (AvgIpc) is 3.60. The van der Waals surface area contributed by atoms with E-state index in [2.05, 4.69) is 4.98 Å². The first kappa shape index (κ1) is 23.4. The first-order valence-corrected chi connectivity index (χ1v) is 11.1. The van der Waals surface area contributed by atoms with Crippen molar-refractivity contribution < 1.29 is 23.8 Å². The number of carbonyl (C=O) groups excluding carboxylic acids is 1. The minimum atomic E-state index is -0.799. The van der Waals surface area contributed by atoms with Gasteiger partial charge in [-0.1, -0.05) is 6.07 Å². The van der Waals surface area contributed by atoms with E-state index >= 15 is 0 Å². The van der Waals surface area contributed by atoms with Gasteiger partial charge in [-0.05, 0) is 78.9 Å². The maximum absolute atomic E-state index is 14.5. The topological polar surface area (TPSA) is 79.7 Å². The number of amides is 1. The highest BCUT2D eigenvalue weighted by molar-refractivity contribution is 5.95. The second-order valence-electron chi connectivity index (χ2n) is 8.99. The fourth-order valence-corrected chi connectivity index (χ4v) is 4.29. The number of halogens is 1. The number of carboxylic acid groups (broad SMARTS) is 1. The molecular weight excluding hydrogens is 435 g/mol. The quantitative estimate of drug-likeness (QED) is 0.536. The van der Waals surface area contributed by atoms with Gasteiger partial charge in [-0.2, -0.15) is 0 Å². The van der Waals surface area contributed by atoms with E-state index in [1.54, 1.807) is 44.6 Å². The number of hydrogen-bond donors (Lipinski definition) is 1. The highest BCUT2D eigenvalue weighted by Gasteiger charge is 2.45. The normalized spacial score (nSPS) is 16.7. The van der Waals surface area contributed by atoms with E-state index in [-0.39, 0.29) is 30.2 Å². The molecule has 0 aliphatic heterocycles. The molecule has 2 aromatic carbocycles. The molecule has 34 heavy (non-hydrogen) atoms. The van der Waals surface area contributed by atoms with Gasteiger partial charge in [0.1, 0.15) is 18.2 Å². The third-order valence-corrected chi connectivity index (χ3v) is 6.16. The fraction of sp³-hybridized carbons (Fsp3) is 0.296. The third kappa shape index (κ3) is 4.78. The summed E-state index contributed by atoms with van der Waals surface area (Å²) in [5, 5.41) is 9.07. The molecule has 0 bridgehead atoms. The average molecular weight is 463 g/mol. The Bertz CT molecular complexity index is 1230. The standard InChI is InChI=1S/C27H27FN2O4/c1-15-9-18(26(31)30(3)4)10-16(2)25(15)17-5-7-23(28)19(11-17)14-34-20-6-8-24(29-13-20)21-12-22(21)27(32)33/h5-11,13,21-22H,12,14H2,1-4H3,(H,32,33)/t21-,22-/m1/s1. The lowest BCUT2D eigenvalue weighted by Gasteiger charge is -2.16. The number of aliphatic carboxylic acids is 1. The predicted molar refractivity (Wildman–Crippen MR) is 126 cm³/mol. The summed E-state index contributed by atoms with van der Waals surface area (Å²) in [5.41, 5.74) is 5.43. The van der Waals surface area contributed by atoms with Crippen LogP contribution in [0.1, 0.15) is 45.1 Å². The molecule has 1 aliphatic rings. The van der Waals surface area contributed by atoms with Crippen molar-refractivity contribution in [2.45, 2.75) is 32.8 Å². The van der Waals surface area contributed by atoms with Crippen molar-refractivity contribution in [1.29, 1.82) is 0 Å². The number of carboxylic acids is 1. The molecule has 1 amide bonds. The van der Waals surface area contributed by atoms with Crippen molar-refractivity contribution in [2.75, 3.05) is 14.1 Å². The van der Waals surface area contributed by atoms with Crippen LogP contribution in [0.2, 0.25) is 0 Å². The van der Waals surface area contributed by atoms with Gasteiger partial charge in [-0.25, -0.2) is 4.39 Å². The summed E-state index contributed by atoms with van der Waals surface area (Å²) in [4.78, 5) is 29.3. The van der Waals surface area contributed by atoms with Crippen molar-refractivity contribution in [1.82, 2.24) is 9.88 Å². The van der Waals surface area contributed by atoms with Crippen LogP contribution >= 0.6 is 0 Å². The minimum absolute atomic E-state index is 0.0250. The summed E-state index contributed by atoms with van der Waals surface area (Å²) in [7, 11) is 3.43. The Balaban J connectivity index is 1.51. The third-order valence-electron chi connectivity index (χ3n) is 6.16. The van der Waals surface area contributed by atoms with Crippen molar-refractivity contribution in [3.05, 3.63) is 82.4 Å². The van der Waals surface area contributed by atoms with Gasteiger partial charge in [-0.3, -0.25) is 14.6 Å². The van der Waals surface area contributed by atoms with E-state index in [4.69, 9.17) is 9.84 Å². The number of nitrogens with zero attached hydrogens (tertiary/aromatic N) is 2. The molecule has 4 rings (SSSR count). The Morgan fingerprint density at radius 2 is 1.82 bits per heavy atom. The van der Waals surface area contributed by atoms with E-state index in [1.807, 2.05) is 26.0 Å². The maximum atomic E-state index is 14.5. The Labute approximate surface area is 198 Å². The lowest BCUT2D eigenvalue weighted by atomic mass is 9.92. The summed E-state index contributed by atoms with van der Waals surface area (Å²) in [6.45, 7) is 3.91. The maximum Gasteiger partial charge on any atom is 0.307 e. The molecule has 3 aromatic rings. The van der Waals surface area contributed by atoms with Gasteiger partial charge in [0.2, 0.25) is 0 Å². The molecule has 1 fully saturated rings. The highest BCUT2D eigenvalue weighted by atomic mass is 19.1. The number of hydrogen-bond acceptors (Lipinski definition) is 4. The molecule has 1 aliphatic carbocycles. The number of ether oxygens (including phenoxy) is 1. The van der Waals surface area contributed by atoms with E-state index in [1.165, 1.54) is 11.0 Å². The molecule has 0 radical (unpaired) electrons. The predicted octanol–water partition coefficient (Wildman–Crippen LogP) is 4.97. The number of benzene rings is 2. The largest absolute Gasteiger partial charge is 0.487 e. The molecule has 1 heterocycles. The van der Waals surface area contributed by atoms with Gasteiger partial charge < -0.3 is 14.7 Å². The molecule has 7 heteroatoms. The molecule has 2 atom stereocenters. The first-order chi connectivity index (χ1) is 16.2. The van der Waals surface area contributed by atoms with E-state index in [0.717, 1.165) is 27.9 Å². The van der Waals surface area contributed by atoms with Crippen molar-refractivity contribution in [3.8, 4) is 16.9 Å². The lowest BCUT2D eigenvalue weighted by Crippen LogP contribution is -2.21. The first-order valence-electron chi connectivity index (χ1n) is 11.1. The second kappa shape index (κ2) is 9.25. The molecule has 0 spiro atoms. The zero-order valence-corrected chi connectivity index (χ0v) is 19.6. The van der Waals surface area contributed by atoms with Crippen LogP contribution in [0.5, 0.6) is 5.75 Å². The number of aromatic nitrogens is 1. The van der Waals surface area contributed by atoms with Gasteiger partial charge >= 0.3 is 5.97 Å². The summed E-state index contributed by atoms with van der Waals surface area (Å²) < 4.78 is 20.3. The number of carbonyl (C=O) groups is 2. The molecule has 0 saturated heterocycles. The van der Waals surface area contributed by atoms with Gasteiger partial charge in [-0.15, -0.1) is 0 Å². The van der Waals surface area contributed by atoms with Crippen LogP contribution in [0.4, 0.5) is 4.39 Å². The molecule has 176 valence electrons. The Kier molecular flexibility index (Phi) is 6.37. The highest BCUT2D eigenvalue weighted by Crippen LogP contribution is 2.46. The van der Waals surface area contributed by atoms with Crippen molar-refractivity contribution in [2.24, 2.45) is 5.92 Å². The Morgan fingerprint density at radius 1 is 1.12 bits per heavy atom. The number of pyridine rings is 1. The van der Waals surface area contributed by atoms with Crippen LogP contribution in [-0.4, -0.2) is 41.0 Å². The molecule has 1 N–H and O–H groups in total. The van der Waals surface area contributed by atoms with E-state index in [0.29, 0.717) is 23.3 Å². The molecule has 6 nitrogen and oxygen atoms in total. The molecule has 1 saturated carbocycles. The van der Waals surface area contributed by atoms with Gasteiger partial charge in [0, 0.05) is 36.8 Å². The summed E-state index contributed by atoms with van der Waals surface area (Å²) in [5.74, 6) is -1.16. The van der Waals surface area contributed by atoms with Crippen LogP contribution in [0.3, 0.4) is 0 Å². The molecule has 1 aromatic heterocycles. The van der Waals surface area contributed by atoms with E-state index in [9.17, 15) is 14.0 Å². The molecule has 0 unspecified atom stereocenters. The smallest absolute Gasteiger partial charge is 0.307 e. The summed E-state index contributed by atoms with van der Waals surface area (Å²) in [6.07, 6.45) is 2.15. The number of aryl methyl sites for hydroxylation is 2. The van der Waals surface area contributed by atoms with Crippen LogP contribution < -0.4 is 4.74 Å².